The number of rotatable bonds is 3. The Morgan fingerprint density at radius 2 is 1.68 bits per heavy atom. The molecule has 0 saturated carbocycles. The normalized spacial score (nSPS) is 11.3. The van der Waals surface area contributed by atoms with Crippen molar-refractivity contribution in [3.05, 3.63) is 59.8 Å². The highest BCUT2D eigenvalue weighted by Crippen LogP contribution is 2.23. The molecule has 112 valence electrons. The summed E-state index contributed by atoms with van der Waals surface area (Å²) >= 11 is 0. The quantitative estimate of drug-likeness (QED) is 0.660. The van der Waals surface area contributed by atoms with Gasteiger partial charge in [-0.2, -0.15) is 0 Å². The monoisotopic (exact) mass is 291 g/mol. The zero-order valence-corrected chi connectivity index (χ0v) is 13.8. The molecule has 1 aromatic heterocycles. The van der Waals surface area contributed by atoms with Gasteiger partial charge in [0, 0.05) is 6.42 Å². The molecule has 2 heteroatoms. The van der Waals surface area contributed by atoms with E-state index in [-0.39, 0.29) is 0 Å². The van der Waals surface area contributed by atoms with Gasteiger partial charge in [0.15, 0.2) is 5.69 Å². The summed E-state index contributed by atoms with van der Waals surface area (Å²) < 4.78 is 2.21. The highest BCUT2D eigenvalue weighted by atomic mass is 15.0. The van der Waals surface area contributed by atoms with E-state index in [1.54, 1.807) is 0 Å². The molecule has 2 nitrogen and oxygen atoms in total. The van der Waals surface area contributed by atoms with Gasteiger partial charge in [-0.3, -0.25) is 0 Å². The summed E-state index contributed by atoms with van der Waals surface area (Å²) in [5.74, 6) is 1.64. The Morgan fingerprint density at radius 3 is 2.41 bits per heavy atom. The number of benzene rings is 2. The molecule has 0 amide bonds. The molecule has 0 aliphatic rings. The summed E-state index contributed by atoms with van der Waals surface area (Å²) in [6.07, 6.45) is 1.00. The van der Waals surface area contributed by atoms with Crippen LogP contribution in [-0.4, -0.2) is 4.98 Å². The van der Waals surface area contributed by atoms with E-state index in [1.165, 1.54) is 27.7 Å². The summed E-state index contributed by atoms with van der Waals surface area (Å²) in [6, 6.07) is 17.0. The minimum Gasteiger partial charge on any atom is -0.226 e. The second kappa shape index (κ2) is 5.88. The third-order valence-corrected chi connectivity index (χ3v) is 4.12. The van der Waals surface area contributed by atoms with Crippen LogP contribution in [0.3, 0.4) is 0 Å². The molecule has 3 aromatic rings. The predicted octanol–water partition coefficient (Wildman–Crippen LogP) is 4.23. The van der Waals surface area contributed by atoms with Gasteiger partial charge < -0.3 is 0 Å². The number of hydrogen-bond acceptors (Lipinski definition) is 1. The fraction of sp³-hybridized carbons (Fsp3) is 0.300. The van der Waals surface area contributed by atoms with Crippen molar-refractivity contribution in [3.63, 3.8) is 0 Å². The Hall–Kier alpha value is -2.22. The van der Waals surface area contributed by atoms with Crippen LogP contribution >= 0.6 is 0 Å². The molecule has 3 rings (SSSR count). The highest BCUT2D eigenvalue weighted by Gasteiger charge is 2.22. The topological polar surface area (TPSA) is 16.8 Å². The molecule has 0 unspecified atom stereocenters. The Bertz CT molecular complexity index is 819. The first-order valence-corrected chi connectivity index (χ1v) is 7.91. The molecular formula is C20H23N2+. The molecule has 1 heterocycles. The molecule has 0 aliphatic heterocycles. The van der Waals surface area contributed by atoms with E-state index in [9.17, 15) is 0 Å². The van der Waals surface area contributed by atoms with Gasteiger partial charge in [0.2, 0.25) is 0 Å². The minimum atomic E-state index is 0.591. The van der Waals surface area contributed by atoms with Crippen molar-refractivity contribution in [1.29, 1.82) is 0 Å². The molecule has 0 bridgehead atoms. The van der Waals surface area contributed by atoms with Gasteiger partial charge in [0.05, 0.1) is 18.0 Å². The Labute approximate surface area is 132 Å². The Balaban J connectivity index is 2.32. The first-order valence-electron chi connectivity index (χ1n) is 7.91. The second-order valence-electron chi connectivity index (χ2n) is 6.37. The van der Waals surface area contributed by atoms with E-state index in [4.69, 9.17) is 4.98 Å². The average Bonchev–Trinajstić information content (AvgIpc) is 2.51. The second-order valence-corrected chi connectivity index (χ2v) is 6.37. The number of nitrogens with zero attached hydrogens (tertiary/aromatic N) is 2. The molecule has 0 spiro atoms. The van der Waals surface area contributed by atoms with Crippen LogP contribution in [-0.2, 0) is 13.5 Å². The van der Waals surface area contributed by atoms with Gasteiger partial charge in [-0.15, -0.1) is 0 Å². The zero-order chi connectivity index (χ0) is 15.7. The van der Waals surface area contributed by atoms with Crippen LogP contribution < -0.4 is 4.57 Å². The molecule has 2 aromatic carbocycles. The van der Waals surface area contributed by atoms with Crippen molar-refractivity contribution in [3.8, 4) is 11.4 Å². The minimum absolute atomic E-state index is 0.591. The molecule has 0 aliphatic carbocycles. The molecule has 0 N–H and O–H groups in total. The molecule has 0 fully saturated rings. The number of hydrogen-bond donors (Lipinski definition) is 0. The lowest BCUT2D eigenvalue weighted by Gasteiger charge is -2.09. The van der Waals surface area contributed by atoms with Gasteiger partial charge in [0.1, 0.15) is 5.52 Å². The molecule has 0 saturated heterocycles. The molecular weight excluding hydrogens is 268 g/mol. The fourth-order valence-corrected chi connectivity index (χ4v) is 2.99. The van der Waals surface area contributed by atoms with Gasteiger partial charge >= 0.3 is 5.82 Å². The van der Waals surface area contributed by atoms with Crippen molar-refractivity contribution >= 4 is 10.9 Å². The number of aromatic nitrogens is 2. The van der Waals surface area contributed by atoms with Gasteiger partial charge in [-0.05, 0) is 41.6 Å². The van der Waals surface area contributed by atoms with Gasteiger partial charge in [-0.25, -0.2) is 4.57 Å². The van der Waals surface area contributed by atoms with Gasteiger partial charge in [-0.1, -0.05) is 44.2 Å². The van der Waals surface area contributed by atoms with Crippen molar-refractivity contribution in [1.82, 2.24) is 4.98 Å². The number of aryl methyl sites for hydroxylation is 2. The first kappa shape index (κ1) is 14.7. The summed E-state index contributed by atoms with van der Waals surface area (Å²) in [7, 11) is 2.11. The maximum absolute atomic E-state index is 5.03. The van der Waals surface area contributed by atoms with Crippen molar-refractivity contribution < 1.29 is 4.57 Å². The zero-order valence-electron chi connectivity index (χ0n) is 13.8. The predicted molar refractivity (Wildman–Crippen MR) is 91.6 cm³/mol. The van der Waals surface area contributed by atoms with E-state index in [2.05, 4.69) is 80.9 Å². The van der Waals surface area contributed by atoms with Crippen molar-refractivity contribution in [2.45, 2.75) is 27.2 Å². The highest BCUT2D eigenvalue weighted by molar-refractivity contribution is 5.79. The summed E-state index contributed by atoms with van der Waals surface area (Å²) in [5.41, 5.74) is 4.91. The lowest BCUT2D eigenvalue weighted by molar-refractivity contribution is -0.636. The van der Waals surface area contributed by atoms with Crippen LogP contribution in [0.4, 0.5) is 0 Å². The van der Waals surface area contributed by atoms with Crippen LogP contribution in [0.15, 0.2) is 48.5 Å². The van der Waals surface area contributed by atoms with Crippen LogP contribution in [0.5, 0.6) is 0 Å². The Kier molecular flexibility index (Phi) is 3.93. The van der Waals surface area contributed by atoms with E-state index in [0.717, 1.165) is 12.2 Å². The fourth-order valence-electron chi connectivity index (χ4n) is 2.99. The smallest absolute Gasteiger partial charge is 0.226 e. The number of para-hydroxylation sites is 1. The van der Waals surface area contributed by atoms with Crippen LogP contribution in [0.1, 0.15) is 25.1 Å². The third kappa shape index (κ3) is 2.61. The maximum atomic E-state index is 5.03. The van der Waals surface area contributed by atoms with E-state index >= 15 is 0 Å². The van der Waals surface area contributed by atoms with Gasteiger partial charge in [0.25, 0.3) is 0 Å². The molecule has 0 atom stereocenters. The largest absolute Gasteiger partial charge is 0.331 e. The summed E-state index contributed by atoms with van der Waals surface area (Å²) in [4.78, 5) is 5.03. The first-order chi connectivity index (χ1) is 10.6. The van der Waals surface area contributed by atoms with E-state index < -0.39 is 0 Å². The SMILES string of the molecule is Cc1ccccc1-c1nc(CC(C)C)c2ccccc2[n+]1C. The Morgan fingerprint density at radius 1 is 1.00 bits per heavy atom. The summed E-state index contributed by atoms with van der Waals surface area (Å²) in [6.45, 7) is 6.64. The average molecular weight is 291 g/mol. The molecule has 0 radical (unpaired) electrons. The standard InChI is InChI=1S/C20H23N2/c1-14(2)13-18-17-11-7-8-12-19(17)22(4)20(21-18)16-10-6-5-9-15(16)3/h5-12,14H,13H2,1-4H3/q+1. The third-order valence-electron chi connectivity index (χ3n) is 4.12. The van der Waals surface area contributed by atoms with Crippen molar-refractivity contribution in [2.24, 2.45) is 13.0 Å². The van der Waals surface area contributed by atoms with E-state index in [0.29, 0.717) is 5.92 Å². The molecule has 22 heavy (non-hydrogen) atoms. The van der Waals surface area contributed by atoms with Crippen molar-refractivity contribution in [2.75, 3.05) is 0 Å². The lowest BCUT2D eigenvalue weighted by atomic mass is 10.0. The van der Waals surface area contributed by atoms with Crippen LogP contribution in [0, 0.1) is 12.8 Å². The maximum Gasteiger partial charge on any atom is 0.331 e. The lowest BCUT2D eigenvalue weighted by Crippen LogP contribution is -2.34. The number of fused-ring (bicyclic) bond motifs is 1. The van der Waals surface area contributed by atoms with Crippen LogP contribution in [0.2, 0.25) is 0 Å². The summed E-state index contributed by atoms with van der Waals surface area (Å²) in [5, 5.41) is 1.26. The van der Waals surface area contributed by atoms with Crippen LogP contribution in [0.25, 0.3) is 22.3 Å². The van der Waals surface area contributed by atoms with E-state index in [1.807, 2.05) is 0 Å².